The van der Waals surface area contributed by atoms with Crippen LogP contribution in [0.1, 0.15) is 111 Å². The van der Waals surface area contributed by atoms with E-state index in [-0.39, 0.29) is 19.4 Å². The van der Waals surface area contributed by atoms with Gasteiger partial charge in [0.05, 0.1) is 23.9 Å². The number of sulfonamides is 1. The van der Waals surface area contributed by atoms with Crippen LogP contribution in [0.25, 0.3) is 10.9 Å². The van der Waals surface area contributed by atoms with Crippen molar-refractivity contribution in [3.63, 3.8) is 0 Å². The topological polar surface area (TPSA) is 182 Å². The van der Waals surface area contributed by atoms with Crippen molar-refractivity contribution in [2.75, 3.05) is 13.7 Å². The van der Waals surface area contributed by atoms with Crippen molar-refractivity contribution in [2.45, 2.75) is 139 Å². The van der Waals surface area contributed by atoms with E-state index in [0.717, 1.165) is 36.8 Å². The number of pyridine rings is 1. The molecule has 57 heavy (non-hydrogen) atoms. The van der Waals surface area contributed by atoms with Gasteiger partial charge in [0.2, 0.25) is 21.8 Å². The summed E-state index contributed by atoms with van der Waals surface area (Å²) in [7, 11) is -2.43. The van der Waals surface area contributed by atoms with Crippen molar-refractivity contribution in [3.05, 3.63) is 42.6 Å². The van der Waals surface area contributed by atoms with Gasteiger partial charge in [-0.15, -0.1) is 6.58 Å². The lowest BCUT2D eigenvalue weighted by molar-refractivity contribution is -0.143. The lowest BCUT2D eigenvalue weighted by atomic mass is 9.85. The van der Waals surface area contributed by atoms with Crippen LogP contribution in [0.3, 0.4) is 0 Å². The van der Waals surface area contributed by atoms with Crippen LogP contribution >= 0.6 is 0 Å². The van der Waals surface area contributed by atoms with E-state index in [4.69, 9.17) is 19.2 Å². The zero-order valence-corrected chi connectivity index (χ0v) is 34.9. The van der Waals surface area contributed by atoms with Gasteiger partial charge in [0, 0.05) is 41.5 Å². The SMILES string of the molecule is C=C[C@H]1C[C@@]1(NC(=O)[C@@H]1C[C@@H](Oc2cc(C3CC3)nc3cc(OC)ccc23)CN1C(=O)[C@@H](NC(=O)OC(C)(C)C)C(C)(C)C)C(=O)NS(=O)(=O)C1(CC2CC2)CC1. The van der Waals surface area contributed by atoms with Crippen molar-refractivity contribution in [3.8, 4) is 11.5 Å². The molecule has 1 saturated heterocycles. The molecule has 0 unspecified atom stereocenters. The minimum Gasteiger partial charge on any atom is -0.497 e. The number of ether oxygens (including phenoxy) is 3. The van der Waals surface area contributed by atoms with E-state index in [1.165, 1.54) is 11.0 Å². The van der Waals surface area contributed by atoms with Gasteiger partial charge in [0.25, 0.3) is 5.91 Å². The lowest BCUT2D eigenvalue weighted by Crippen LogP contribution is -2.60. The number of carbonyl (C=O) groups excluding carboxylic acids is 4. The molecule has 14 nitrogen and oxygen atoms in total. The molecule has 15 heteroatoms. The molecule has 1 aromatic heterocycles. The van der Waals surface area contributed by atoms with Crippen molar-refractivity contribution in [2.24, 2.45) is 17.3 Å². The Morgan fingerprint density at radius 2 is 1.75 bits per heavy atom. The number of rotatable bonds is 14. The third-order valence-corrected chi connectivity index (χ3v) is 14.1. The van der Waals surface area contributed by atoms with Gasteiger partial charge in [-0.05, 0) is 82.8 Å². The number of alkyl carbamates (subject to hydrolysis) is 1. The molecule has 5 aliphatic rings. The summed E-state index contributed by atoms with van der Waals surface area (Å²) in [6, 6.07) is 5.20. The number of amides is 4. The highest BCUT2D eigenvalue weighted by atomic mass is 32.2. The normalized spacial score (nSPS) is 25.9. The maximum Gasteiger partial charge on any atom is 0.408 e. The molecule has 4 saturated carbocycles. The summed E-state index contributed by atoms with van der Waals surface area (Å²) in [5, 5.41) is 6.36. The average molecular weight is 808 g/mol. The van der Waals surface area contributed by atoms with E-state index in [1.54, 1.807) is 48.7 Å². The second-order valence-corrected chi connectivity index (χ2v) is 21.0. The van der Waals surface area contributed by atoms with E-state index in [9.17, 15) is 27.6 Å². The number of hydrogen-bond acceptors (Lipinski definition) is 10. The van der Waals surface area contributed by atoms with E-state index >= 15 is 0 Å². The van der Waals surface area contributed by atoms with Crippen LogP contribution in [-0.4, -0.2) is 89.8 Å². The minimum absolute atomic E-state index is 0.0135. The highest BCUT2D eigenvalue weighted by Crippen LogP contribution is 2.53. The first-order valence-corrected chi connectivity index (χ1v) is 21.6. The fourth-order valence-electron chi connectivity index (χ4n) is 8.03. The van der Waals surface area contributed by atoms with Crippen LogP contribution in [0.4, 0.5) is 4.79 Å². The van der Waals surface area contributed by atoms with Gasteiger partial charge in [-0.1, -0.05) is 39.7 Å². The molecule has 2 aromatic rings. The molecular weight excluding hydrogens is 751 g/mol. The predicted octanol–water partition coefficient (Wildman–Crippen LogP) is 5.25. The molecule has 310 valence electrons. The van der Waals surface area contributed by atoms with Crippen LogP contribution in [0.15, 0.2) is 36.9 Å². The number of nitrogens with zero attached hydrogens (tertiary/aromatic N) is 2. The third-order valence-electron chi connectivity index (χ3n) is 11.9. The molecule has 3 N–H and O–H groups in total. The first kappa shape index (κ1) is 40.8. The second-order valence-electron chi connectivity index (χ2n) is 18.9. The number of likely N-dealkylation sites (tertiary alicyclic amines) is 1. The van der Waals surface area contributed by atoms with E-state index in [0.29, 0.717) is 48.1 Å². The van der Waals surface area contributed by atoms with Gasteiger partial charge < -0.3 is 29.7 Å². The molecular formula is C42H57N5O9S. The van der Waals surface area contributed by atoms with Gasteiger partial charge in [0.15, 0.2) is 0 Å². The van der Waals surface area contributed by atoms with Crippen LogP contribution in [-0.2, 0) is 29.1 Å². The quantitative estimate of drug-likeness (QED) is 0.213. The highest BCUT2D eigenvalue weighted by molar-refractivity contribution is 7.91. The second kappa shape index (κ2) is 14.5. The minimum atomic E-state index is -4.02. The molecule has 4 aliphatic carbocycles. The summed E-state index contributed by atoms with van der Waals surface area (Å²) >= 11 is 0. The summed E-state index contributed by atoms with van der Waals surface area (Å²) in [5.74, 6) is -0.646. The molecule has 5 fully saturated rings. The molecule has 0 bridgehead atoms. The van der Waals surface area contributed by atoms with Gasteiger partial charge >= 0.3 is 6.09 Å². The van der Waals surface area contributed by atoms with Crippen LogP contribution < -0.4 is 24.8 Å². The Bertz CT molecular complexity index is 2080. The molecule has 5 atom stereocenters. The van der Waals surface area contributed by atoms with Crippen LogP contribution in [0, 0.1) is 17.3 Å². The maximum atomic E-state index is 14.7. The zero-order chi connectivity index (χ0) is 41.3. The zero-order valence-electron chi connectivity index (χ0n) is 34.1. The Morgan fingerprint density at radius 3 is 2.32 bits per heavy atom. The average Bonchev–Trinajstić information content (AvgIpc) is 3.91. The van der Waals surface area contributed by atoms with Gasteiger partial charge in [0.1, 0.15) is 40.8 Å². The Morgan fingerprint density at radius 1 is 1.05 bits per heavy atom. The largest absolute Gasteiger partial charge is 0.497 e. The molecule has 7 rings (SSSR count). The number of aromatic nitrogens is 1. The molecule has 1 aromatic carbocycles. The van der Waals surface area contributed by atoms with Gasteiger partial charge in [-0.25, -0.2) is 13.2 Å². The summed E-state index contributed by atoms with van der Waals surface area (Å²) < 4.78 is 46.3. The number of nitrogens with one attached hydrogen (secondary N) is 3. The highest BCUT2D eigenvalue weighted by Gasteiger charge is 2.64. The summed E-state index contributed by atoms with van der Waals surface area (Å²) in [5.41, 5.74) is -1.62. The number of hydrogen-bond donors (Lipinski definition) is 3. The predicted molar refractivity (Wildman–Crippen MR) is 213 cm³/mol. The first-order valence-electron chi connectivity index (χ1n) is 20.1. The Balaban J connectivity index is 1.18. The van der Waals surface area contributed by atoms with Crippen molar-refractivity contribution >= 4 is 44.7 Å². The lowest BCUT2D eigenvalue weighted by Gasteiger charge is -2.36. The van der Waals surface area contributed by atoms with Crippen molar-refractivity contribution in [1.29, 1.82) is 0 Å². The fourth-order valence-corrected chi connectivity index (χ4v) is 9.77. The molecule has 1 aliphatic heterocycles. The van der Waals surface area contributed by atoms with E-state index in [2.05, 4.69) is 21.9 Å². The Hall–Kier alpha value is -4.40. The maximum absolute atomic E-state index is 14.7. The Kier molecular flexibility index (Phi) is 10.3. The van der Waals surface area contributed by atoms with Crippen molar-refractivity contribution in [1.82, 2.24) is 25.2 Å². The summed E-state index contributed by atoms with van der Waals surface area (Å²) in [6.45, 7) is 14.4. The van der Waals surface area contributed by atoms with E-state index in [1.807, 2.05) is 24.3 Å². The number of methoxy groups -OCH3 is 1. The van der Waals surface area contributed by atoms with Gasteiger partial charge in [-0.2, -0.15) is 0 Å². The molecule has 0 spiro atoms. The number of fused-ring (bicyclic) bond motifs is 1. The Labute approximate surface area is 335 Å². The summed E-state index contributed by atoms with van der Waals surface area (Å²) in [4.78, 5) is 62.6. The standard InChI is InChI=1S/C42H57N5O9S/c1-9-26-22-42(26,37(50)46-57(52,53)41(16-17-41)21-24-10-11-24)45-35(48)32-19-28(23-47(32)36(49)34(39(2,3)4)44-38(51)56-40(5,6)7)55-33-20-30(25-12-13-25)43-31-18-27(54-8)14-15-29(31)33/h9,14-15,18,20,24-26,28,32,34H,1,10-13,16-17,19,21-23H2,2-8H3,(H,44,51)(H,45,48)(H,46,50)/t26-,28+,32-,34+,42-/m0/s1. The first-order chi connectivity index (χ1) is 26.7. The number of benzene rings is 1. The van der Waals surface area contributed by atoms with Gasteiger partial charge in [-0.3, -0.25) is 24.1 Å². The number of carbonyl (C=O) groups is 4. The molecule has 2 heterocycles. The molecule has 4 amide bonds. The van der Waals surface area contributed by atoms with Crippen LogP contribution in [0.2, 0.25) is 0 Å². The van der Waals surface area contributed by atoms with Crippen molar-refractivity contribution < 1.29 is 41.8 Å². The third kappa shape index (κ3) is 8.59. The van der Waals surface area contributed by atoms with Crippen LogP contribution in [0.5, 0.6) is 11.5 Å². The smallest absolute Gasteiger partial charge is 0.408 e. The molecule has 0 radical (unpaired) electrons. The fraction of sp³-hybridized carbons (Fsp3) is 0.643. The monoisotopic (exact) mass is 807 g/mol. The summed E-state index contributed by atoms with van der Waals surface area (Å²) in [6.07, 6.45) is 5.79. The van der Waals surface area contributed by atoms with E-state index < -0.39 is 79.2 Å².